The maximum Gasteiger partial charge on any atom is 0.240 e. The van der Waals surface area contributed by atoms with Crippen LogP contribution in [0.2, 0.25) is 0 Å². The molecule has 0 saturated carbocycles. The van der Waals surface area contributed by atoms with Crippen molar-refractivity contribution in [3.63, 3.8) is 0 Å². The van der Waals surface area contributed by atoms with Crippen LogP contribution in [0.15, 0.2) is 70.2 Å². The Morgan fingerprint density at radius 3 is 2.46 bits per heavy atom. The molecule has 2 heterocycles. The molecule has 2 aromatic carbocycles. The molecule has 7 nitrogen and oxygen atoms in total. The summed E-state index contributed by atoms with van der Waals surface area (Å²) in [5.41, 5.74) is 1.47. The Labute approximate surface area is 162 Å². The first-order valence-electron chi connectivity index (χ1n) is 8.74. The molecule has 0 aliphatic carbocycles. The monoisotopic (exact) mass is 401 g/mol. The summed E-state index contributed by atoms with van der Waals surface area (Å²) in [5, 5.41) is 10.3. The smallest absolute Gasteiger partial charge is 0.240 e. The number of benzene rings is 2. The molecule has 0 bridgehead atoms. The van der Waals surface area contributed by atoms with Gasteiger partial charge in [0.1, 0.15) is 19.0 Å². The molecule has 1 aliphatic heterocycles. The van der Waals surface area contributed by atoms with Gasteiger partial charge in [-0.05, 0) is 29.8 Å². The largest absolute Gasteiger partial charge is 0.486 e. The fourth-order valence-corrected chi connectivity index (χ4v) is 3.95. The van der Waals surface area contributed by atoms with Gasteiger partial charge >= 0.3 is 0 Å². The van der Waals surface area contributed by atoms with Crippen LogP contribution < -0.4 is 14.2 Å². The van der Waals surface area contributed by atoms with E-state index in [-0.39, 0.29) is 11.4 Å². The van der Waals surface area contributed by atoms with E-state index < -0.39 is 16.1 Å². The minimum atomic E-state index is -3.80. The van der Waals surface area contributed by atoms with Gasteiger partial charge in [-0.25, -0.2) is 13.1 Å². The van der Waals surface area contributed by atoms with Crippen molar-refractivity contribution in [2.45, 2.75) is 11.0 Å². The summed E-state index contributed by atoms with van der Waals surface area (Å²) in [6, 6.07) is 15.2. The number of furan rings is 1. The average Bonchev–Trinajstić information content (AvgIpc) is 3.27. The predicted octanol–water partition coefficient (Wildman–Crippen LogP) is 2.73. The van der Waals surface area contributed by atoms with E-state index in [4.69, 9.17) is 13.9 Å². The van der Waals surface area contributed by atoms with Gasteiger partial charge in [0.25, 0.3) is 0 Å². The number of aliphatic hydroxyl groups is 1. The second-order valence-electron chi connectivity index (χ2n) is 6.27. The number of sulfonamides is 1. The van der Waals surface area contributed by atoms with Crippen LogP contribution in [0.3, 0.4) is 0 Å². The molecule has 0 unspecified atom stereocenters. The topological polar surface area (TPSA) is 98.0 Å². The Morgan fingerprint density at radius 2 is 1.75 bits per heavy atom. The highest BCUT2D eigenvalue weighted by Gasteiger charge is 2.20. The van der Waals surface area contributed by atoms with Gasteiger partial charge in [0.2, 0.25) is 10.0 Å². The molecule has 28 heavy (non-hydrogen) atoms. The summed E-state index contributed by atoms with van der Waals surface area (Å²) in [6.45, 7) is 0.649. The summed E-state index contributed by atoms with van der Waals surface area (Å²) < 4.78 is 43.6. The van der Waals surface area contributed by atoms with Crippen molar-refractivity contribution in [1.82, 2.24) is 4.72 Å². The predicted molar refractivity (Wildman–Crippen MR) is 102 cm³/mol. The first kappa shape index (κ1) is 18.5. The normalized spacial score (nSPS) is 14.6. The van der Waals surface area contributed by atoms with Gasteiger partial charge in [-0.3, -0.25) is 0 Å². The third-order valence-electron chi connectivity index (χ3n) is 4.39. The van der Waals surface area contributed by atoms with Crippen molar-refractivity contribution in [1.29, 1.82) is 0 Å². The minimum absolute atomic E-state index is 0.0529. The number of ether oxygens (including phenoxy) is 2. The Bertz CT molecular complexity index is 1040. The molecule has 3 aromatic rings. The van der Waals surface area contributed by atoms with Gasteiger partial charge < -0.3 is 19.0 Å². The third-order valence-corrected chi connectivity index (χ3v) is 5.81. The number of aliphatic hydroxyl groups excluding tert-OH is 1. The van der Waals surface area contributed by atoms with Crippen LogP contribution in [0.1, 0.15) is 11.7 Å². The highest BCUT2D eigenvalue weighted by atomic mass is 32.2. The molecule has 0 amide bonds. The Morgan fingerprint density at radius 1 is 1.00 bits per heavy atom. The van der Waals surface area contributed by atoms with E-state index >= 15 is 0 Å². The molecule has 1 aromatic heterocycles. The first-order valence-corrected chi connectivity index (χ1v) is 10.2. The SMILES string of the molecule is O=S(=O)(NC[C@@H](O)c1ccc(-c2ccco2)cc1)c1ccc2c(c1)OCCO2. The van der Waals surface area contributed by atoms with Gasteiger partial charge in [0.15, 0.2) is 11.5 Å². The van der Waals surface area contributed by atoms with E-state index in [0.29, 0.717) is 30.3 Å². The summed E-state index contributed by atoms with van der Waals surface area (Å²) in [6.07, 6.45) is 0.600. The number of nitrogens with one attached hydrogen (secondary N) is 1. The molecule has 0 spiro atoms. The molecule has 8 heteroatoms. The zero-order valence-corrected chi connectivity index (χ0v) is 15.7. The molecular weight excluding hydrogens is 382 g/mol. The van der Waals surface area contributed by atoms with Crippen molar-refractivity contribution in [2.75, 3.05) is 19.8 Å². The van der Waals surface area contributed by atoms with Crippen LogP contribution in [0.4, 0.5) is 0 Å². The quantitative estimate of drug-likeness (QED) is 0.659. The van der Waals surface area contributed by atoms with Crippen molar-refractivity contribution in [3.8, 4) is 22.8 Å². The lowest BCUT2D eigenvalue weighted by Gasteiger charge is -2.19. The highest BCUT2D eigenvalue weighted by molar-refractivity contribution is 7.89. The third kappa shape index (κ3) is 3.89. The second kappa shape index (κ2) is 7.67. The molecule has 0 radical (unpaired) electrons. The number of rotatable bonds is 6. The van der Waals surface area contributed by atoms with E-state index in [1.54, 1.807) is 30.5 Å². The maximum absolute atomic E-state index is 12.5. The van der Waals surface area contributed by atoms with Gasteiger partial charge in [-0.2, -0.15) is 0 Å². The van der Waals surface area contributed by atoms with Crippen LogP contribution in [-0.4, -0.2) is 33.3 Å². The lowest BCUT2D eigenvalue weighted by molar-refractivity contribution is 0.171. The van der Waals surface area contributed by atoms with E-state index in [2.05, 4.69) is 4.72 Å². The molecule has 1 atom stereocenters. The van der Waals surface area contributed by atoms with Crippen LogP contribution in [0, 0.1) is 0 Å². The lowest BCUT2D eigenvalue weighted by atomic mass is 10.1. The Balaban J connectivity index is 1.43. The van der Waals surface area contributed by atoms with Crippen molar-refractivity contribution in [3.05, 3.63) is 66.4 Å². The van der Waals surface area contributed by atoms with Gasteiger partial charge in [0.05, 0.1) is 17.3 Å². The number of hydrogen-bond acceptors (Lipinski definition) is 6. The van der Waals surface area contributed by atoms with Crippen LogP contribution in [0.5, 0.6) is 11.5 Å². The molecule has 0 fully saturated rings. The second-order valence-corrected chi connectivity index (χ2v) is 8.04. The number of hydrogen-bond donors (Lipinski definition) is 2. The summed E-state index contributed by atoms with van der Waals surface area (Å²) >= 11 is 0. The molecule has 4 rings (SSSR count). The minimum Gasteiger partial charge on any atom is -0.486 e. The first-order chi connectivity index (χ1) is 13.5. The van der Waals surface area contributed by atoms with Gasteiger partial charge in [-0.15, -0.1) is 0 Å². The van der Waals surface area contributed by atoms with Crippen molar-refractivity contribution < 1.29 is 27.4 Å². The lowest BCUT2D eigenvalue weighted by Crippen LogP contribution is -2.28. The highest BCUT2D eigenvalue weighted by Crippen LogP contribution is 2.32. The number of fused-ring (bicyclic) bond motifs is 1. The van der Waals surface area contributed by atoms with Crippen LogP contribution in [-0.2, 0) is 10.0 Å². The molecule has 1 aliphatic rings. The molecule has 146 valence electrons. The molecular formula is C20H19NO6S. The molecule has 2 N–H and O–H groups in total. The summed E-state index contributed by atoms with van der Waals surface area (Å²) in [7, 11) is -3.80. The van der Waals surface area contributed by atoms with Crippen molar-refractivity contribution >= 4 is 10.0 Å². The van der Waals surface area contributed by atoms with E-state index in [1.165, 1.54) is 12.1 Å². The summed E-state index contributed by atoms with van der Waals surface area (Å²) in [5.74, 6) is 1.63. The van der Waals surface area contributed by atoms with Gasteiger partial charge in [-0.1, -0.05) is 24.3 Å². The zero-order valence-electron chi connectivity index (χ0n) is 14.9. The van der Waals surface area contributed by atoms with E-state index in [1.807, 2.05) is 18.2 Å². The van der Waals surface area contributed by atoms with Crippen molar-refractivity contribution in [2.24, 2.45) is 0 Å². The van der Waals surface area contributed by atoms with E-state index in [9.17, 15) is 13.5 Å². The van der Waals surface area contributed by atoms with E-state index in [0.717, 1.165) is 11.3 Å². The Hall–Kier alpha value is -2.81. The maximum atomic E-state index is 12.5. The van der Waals surface area contributed by atoms with Crippen LogP contribution in [0.25, 0.3) is 11.3 Å². The standard InChI is InChI=1S/C20H19NO6S/c22-17(14-3-5-15(6-4-14)18-2-1-9-25-18)13-21-28(23,24)16-7-8-19-20(12-16)27-11-10-26-19/h1-9,12,17,21-22H,10-11,13H2/t17-/m1/s1. The Kier molecular flexibility index (Phi) is 5.08. The van der Waals surface area contributed by atoms with Gasteiger partial charge in [0, 0.05) is 18.2 Å². The fraction of sp³-hybridized carbons (Fsp3) is 0.200. The van der Waals surface area contributed by atoms with Crippen LogP contribution >= 0.6 is 0 Å². The zero-order chi connectivity index (χ0) is 19.6. The summed E-state index contributed by atoms with van der Waals surface area (Å²) in [4.78, 5) is 0.0529. The fourth-order valence-electron chi connectivity index (χ4n) is 2.89. The average molecular weight is 401 g/mol. The molecule has 0 saturated heterocycles.